The van der Waals surface area contributed by atoms with Gasteiger partial charge in [0.25, 0.3) is 0 Å². The number of nitrogens with zero attached hydrogens (tertiary/aromatic N) is 3. The molecule has 0 unspecified atom stereocenters. The summed E-state index contributed by atoms with van der Waals surface area (Å²) in [6, 6.07) is 3.55. The number of hydrogen-bond donors (Lipinski definition) is 0. The van der Waals surface area contributed by atoms with Crippen molar-refractivity contribution in [1.29, 1.82) is 0 Å². The van der Waals surface area contributed by atoms with E-state index < -0.39 is 17.4 Å². The predicted octanol–water partition coefficient (Wildman–Crippen LogP) is 1.30. The van der Waals surface area contributed by atoms with Crippen molar-refractivity contribution >= 4 is 17.6 Å². The van der Waals surface area contributed by atoms with E-state index in [-0.39, 0.29) is 29.6 Å². The predicted molar refractivity (Wildman–Crippen MR) is 104 cm³/mol. The topological polar surface area (TPSA) is 79.8 Å². The zero-order valence-corrected chi connectivity index (χ0v) is 16.5. The molecule has 1 aromatic rings. The molecule has 0 N–H and O–H groups in total. The third kappa shape index (κ3) is 2.74. The van der Waals surface area contributed by atoms with E-state index in [9.17, 15) is 14.4 Å². The average Bonchev–Trinajstić information content (AvgIpc) is 3.41. The first kappa shape index (κ1) is 18.5. The summed E-state index contributed by atoms with van der Waals surface area (Å²) in [5, 5.41) is 0. The Morgan fingerprint density at radius 1 is 1.31 bits per heavy atom. The zero-order valence-electron chi connectivity index (χ0n) is 16.5. The fourth-order valence-corrected chi connectivity index (χ4v) is 5.44. The Kier molecular flexibility index (Phi) is 4.31. The number of carbonyl (C=O) groups is 3. The van der Waals surface area contributed by atoms with Gasteiger partial charge in [-0.2, -0.15) is 0 Å². The van der Waals surface area contributed by atoms with Gasteiger partial charge in [0.15, 0.2) is 5.78 Å². The standard InChI is InChI=1S/C22H25N3O4/c1-2-24-13-22-8-5-16(29-22)17(18(22)21(24)28)20(27)25-10-6-14(7-11-25)19(26)15-4-3-9-23-12-15/h3-5,8-9,12,14,16-18H,2,6-7,10-11,13H2,1H3/t16-,17+,18+,22-/m1/s1. The smallest absolute Gasteiger partial charge is 0.230 e. The number of likely N-dealkylation sites (N-methyl/N-ethyl adjacent to an activating group) is 1. The van der Waals surface area contributed by atoms with Gasteiger partial charge in [-0.05, 0) is 31.9 Å². The Morgan fingerprint density at radius 2 is 2.10 bits per heavy atom. The van der Waals surface area contributed by atoms with E-state index in [0.717, 1.165) is 0 Å². The molecule has 3 saturated heterocycles. The highest BCUT2D eigenvalue weighted by Crippen LogP contribution is 2.52. The average molecular weight is 395 g/mol. The number of likely N-dealkylation sites (tertiary alicyclic amines) is 2. The Bertz CT molecular complexity index is 877. The lowest BCUT2D eigenvalue weighted by atomic mass is 9.76. The highest BCUT2D eigenvalue weighted by atomic mass is 16.5. The van der Waals surface area contributed by atoms with E-state index >= 15 is 0 Å². The monoisotopic (exact) mass is 395 g/mol. The van der Waals surface area contributed by atoms with E-state index in [1.807, 2.05) is 24.0 Å². The van der Waals surface area contributed by atoms with Crippen LogP contribution in [-0.2, 0) is 14.3 Å². The molecule has 0 saturated carbocycles. The maximum Gasteiger partial charge on any atom is 0.230 e. The lowest BCUT2D eigenvalue weighted by Gasteiger charge is -2.35. The molecule has 7 heteroatoms. The molecular weight excluding hydrogens is 370 g/mol. The van der Waals surface area contributed by atoms with Crippen LogP contribution in [0.15, 0.2) is 36.7 Å². The van der Waals surface area contributed by atoms with Crippen molar-refractivity contribution in [3.8, 4) is 0 Å². The Labute approximate surface area is 169 Å². The van der Waals surface area contributed by atoms with Gasteiger partial charge in [-0.3, -0.25) is 19.4 Å². The van der Waals surface area contributed by atoms with Crippen LogP contribution in [0.3, 0.4) is 0 Å². The van der Waals surface area contributed by atoms with Crippen molar-refractivity contribution in [3.05, 3.63) is 42.2 Å². The Hall–Kier alpha value is -2.54. The normalized spacial score (nSPS) is 33.4. The molecule has 5 heterocycles. The number of ether oxygens (including phenoxy) is 1. The highest BCUT2D eigenvalue weighted by Gasteiger charge is 2.67. The number of amides is 2. The van der Waals surface area contributed by atoms with Gasteiger partial charge in [0, 0.05) is 43.5 Å². The molecule has 4 atom stereocenters. The van der Waals surface area contributed by atoms with Gasteiger partial charge in [-0.1, -0.05) is 12.2 Å². The van der Waals surface area contributed by atoms with Crippen LogP contribution in [0, 0.1) is 17.8 Å². The van der Waals surface area contributed by atoms with Crippen molar-refractivity contribution in [2.45, 2.75) is 31.5 Å². The largest absolute Gasteiger partial charge is 0.360 e. The first-order chi connectivity index (χ1) is 14.0. The summed E-state index contributed by atoms with van der Waals surface area (Å²) < 4.78 is 6.15. The van der Waals surface area contributed by atoms with Gasteiger partial charge in [-0.25, -0.2) is 0 Å². The Morgan fingerprint density at radius 3 is 2.79 bits per heavy atom. The fourth-order valence-electron chi connectivity index (χ4n) is 5.44. The fraction of sp³-hybridized carbons (Fsp3) is 0.545. The molecule has 5 rings (SSSR count). The number of Topliss-reactive ketones (excluding diaryl/α,β-unsaturated/α-hetero) is 1. The van der Waals surface area contributed by atoms with Gasteiger partial charge in [0.2, 0.25) is 11.8 Å². The molecule has 2 bridgehead atoms. The molecule has 0 aliphatic carbocycles. The van der Waals surface area contributed by atoms with E-state index in [1.54, 1.807) is 29.4 Å². The summed E-state index contributed by atoms with van der Waals surface area (Å²) in [6.07, 6.45) is 8.15. The third-order valence-corrected chi connectivity index (χ3v) is 6.97. The number of aromatic nitrogens is 1. The van der Waals surface area contributed by atoms with Crippen molar-refractivity contribution in [1.82, 2.24) is 14.8 Å². The molecule has 0 radical (unpaired) electrons. The van der Waals surface area contributed by atoms with Crippen LogP contribution in [0.1, 0.15) is 30.1 Å². The van der Waals surface area contributed by atoms with Crippen LogP contribution in [0.2, 0.25) is 0 Å². The number of carbonyl (C=O) groups excluding carboxylic acids is 3. The van der Waals surface area contributed by atoms with Gasteiger partial charge in [0.05, 0.1) is 24.5 Å². The zero-order chi connectivity index (χ0) is 20.2. The highest BCUT2D eigenvalue weighted by molar-refractivity contribution is 5.98. The van der Waals surface area contributed by atoms with Crippen LogP contribution in [0.5, 0.6) is 0 Å². The van der Waals surface area contributed by atoms with E-state index in [4.69, 9.17) is 4.74 Å². The SMILES string of the molecule is CCN1C[C@@]23C=C[C@@H](O2)[C@H](C(=O)N2CCC(C(=O)c4cccnc4)CC2)[C@H]3C1=O. The van der Waals surface area contributed by atoms with E-state index in [1.165, 1.54) is 0 Å². The molecule has 3 fully saturated rings. The van der Waals surface area contributed by atoms with E-state index in [2.05, 4.69) is 4.98 Å². The lowest BCUT2D eigenvalue weighted by molar-refractivity contribution is -0.144. The minimum absolute atomic E-state index is 0.00944. The third-order valence-electron chi connectivity index (χ3n) is 6.97. The van der Waals surface area contributed by atoms with Crippen molar-refractivity contribution in [2.75, 3.05) is 26.2 Å². The van der Waals surface area contributed by atoms with Crippen molar-refractivity contribution in [2.24, 2.45) is 17.8 Å². The van der Waals surface area contributed by atoms with Crippen LogP contribution >= 0.6 is 0 Å². The second-order valence-corrected chi connectivity index (χ2v) is 8.46. The van der Waals surface area contributed by atoms with Gasteiger partial charge < -0.3 is 14.5 Å². The molecule has 4 aliphatic heterocycles. The Balaban J connectivity index is 1.28. The van der Waals surface area contributed by atoms with Gasteiger partial charge >= 0.3 is 0 Å². The summed E-state index contributed by atoms with van der Waals surface area (Å²) >= 11 is 0. The maximum absolute atomic E-state index is 13.4. The number of rotatable bonds is 4. The first-order valence-electron chi connectivity index (χ1n) is 10.4. The summed E-state index contributed by atoms with van der Waals surface area (Å²) in [4.78, 5) is 46.6. The second-order valence-electron chi connectivity index (χ2n) is 8.46. The number of piperidine rings is 1. The quantitative estimate of drug-likeness (QED) is 0.567. The molecule has 1 spiro atoms. The molecule has 4 aliphatic rings. The molecule has 0 aromatic carbocycles. The summed E-state index contributed by atoms with van der Waals surface area (Å²) in [6.45, 7) is 4.18. The molecular formula is C22H25N3O4. The summed E-state index contributed by atoms with van der Waals surface area (Å²) in [5.41, 5.74) is -0.00534. The van der Waals surface area contributed by atoms with Crippen LogP contribution in [-0.4, -0.2) is 70.3 Å². The number of fused-ring (bicyclic) bond motifs is 1. The second kappa shape index (κ2) is 6.76. The molecule has 7 nitrogen and oxygen atoms in total. The lowest BCUT2D eigenvalue weighted by Crippen LogP contribution is -2.49. The molecule has 1 aromatic heterocycles. The molecule has 29 heavy (non-hydrogen) atoms. The minimum atomic E-state index is -0.632. The van der Waals surface area contributed by atoms with Crippen molar-refractivity contribution in [3.63, 3.8) is 0 Å². The number of ketones is 1. The van der Waals surface area contributed by atoms with Crippen LogP contribution in [0.4, 0.5) is 0 Å². The number of hydrogen-bond acceptors (Lipinski definition) is 5. The maximum atomic E-state index is 13.4. The minimum Gasteiger partial charge on any atom is -0.360 e. The van der Waals surface area contributed by atoms with E-state index in [0.29, 0.717) is 44.6 Å². The summed E-state index contributed by atoms with van der Waals surface area (Å²) in [5.74, 6) is -0.840. The van der Waals surface area contributed by atoms with Crippen LogP contribution < -0.4 is 0 Å². The molecule has 152 valence electrons. The number of pyridine rings is 1. The molecule has 2 amide bonds. The summed E-state index contributed by atoms with van der Waals surface area (Å²) in [7, 11) is 0. The van der Waals surface area contributed by atoms with Gasteiger partial charge in [-0.15, -0.1) is 0 Å². The van der Waals surface area contributed by atoms with Gasteiger partial charge in [0.1, 0.15) is 5.60 Å². The van der Waals surface area contributed by atoms with Crippen molar-refractivity contribution < 1.29 is 19.1 Å². The van der Waals surface area contributed by atoms with Crippen LogP contribution in [0.25, 0.3) is 0 Å². The first-order valence-corrected chi connectivity index (χ1v) is 10.4.